The van der Waals surface area contributed by atoms with Gasteiger partial charge in [0.05, 0.1) is 17.1 Å². The SMILES string of the molecule is N#Cc1ccc(NC(=O)CN2CCc3sccc3C2)cc1Cl. The Morgan fingerprint density at radius 3 is 3.09 bits per heavy atom. The molecule has 6 heteroatoms. The molecule has 0 saturated carbocycles. The normalized spacial score (nSPS) is 14.2. The van der Waals surface area contributed by atoms with Crippen LogP contribution in [0.2, 0.25) is 5.02 Å². The summed E-state index contributed by atoms with van der Waals surface area (Å²) >= 11 is 7.75. The van der Waals surface area contributed by atoms with E-state index in [1.807, 2.05) is 6.07 Å². The molecule has 3 rings (SSSR count). The molecule has 4 nitrogen and oxygen atoms in total. The second kappa shape index (κ2) is 6.49. The Morgan fingerprint density at radius 2 is 2.32 bits per heavy atom. The smallest absolute Gasteiger partial charge is 0.238 e. The molecule has 1 aromatic heterocycles. The predicted molar refractivity (Wildman–Crippen MR) is 88.1 cm³/mol. The molecule has 0 atom stereocenters. The van der Waals surface area contributed by atoms with Crippen LogP contribution in [-0.4, -0.2) is 23.9 Å². The number of nitrogens with one attached hydrogen (secondary N) is 1. The van der Waals surface area contributed by atoms with Gasteiger partial charge in [-0.25, -0.2) is 0 Å². The van der Waals surface area contributed by atoms with Crippen molar-refractivity contribution in [2.24, 2.45) is 0 Å². The average Bonchev–Trinajstić information content (AvgIpc) is 2.95. The number of amides is 1. The van der Waals surface area contributed by atoms with Crippen LogP contribution in [0.5, 0.6) is 0 Å². The summed E-state index contributed by atoms with van der Waals surface area (Å²) in [6.07, 6.45) is 1.00. The lowest BCUT2D eigenvalue weighted by atomic mass is 10.1. The van der Waals surface area contributed by atoms with Crippen molar-refractivity contribution >= 4 is 34.5 Å². The molecule has 0 bridgehead atoms. The maximum absolute atomic E-state index is 12.1. The summed E-state index contributed by atoms with van der Waals surface area (Å²) in [4.78, 5) is 15.7. The van der Waals surface area contributed by atoms with E-state index < -0.39 is 0 Å². The molecule has 1 aromatic carbocycles. The maximum atomic E-state index is 12.1. The Bertz CT molecular complexity index is 750. The van der Waals surface area contributed by atoms with Gasteiger partial charge in [-0.15, -0.1) is 11.3 Å². The Labute approximate surface area is 137 Å². The minimum absolute atomic E-state index is 0.0700. The van der Waals surface area contributed by atoms with Gasteiger partial charge in [-0.1, -0.05) is 11.6 Å². The molecule has 1 amide bonds. The van der Waals surface area contributed by atoms with Gasteiger partial charge < -0.3 is 5.32 Å². The van der Waals surface area contributed by atoms with Crippen LogP contribution in [0, 0.1) is 11.3 Å². The predicted octanol–water partition coefficient (Wildman–Crippen LogP) is 3.27. The third kappa shape index (κ3) is 3.30. The van der Waals surface area contributed by atoms with Crippen LogP contribution in [0.15, 0.2) is 29.6 Å². The number of benzene rings is 1. The molecule has 112 valence electrons. The van der Waals surface area contributed by atoms with Crippen LogP contribution in [0.25, 0.3) is 0 Å². The fourth-order valence-corrected chi connectivity index (χ4v) is 3.64. The number of carbonyl (C=O) groups excluding carboxylic acids is 1. The van der Waals surface area contributed by atoms with Gasteiger partial charge in [0, 0.05) is 23.7 Å². The van der Waals surface area contributed by atoms with Crippen molar-refractivity contribution in [1.29, 1.82) is 5.26 Å². The number of hydrogen-bond donors (Lipinski definition) is 1. The van der Waals surface area contributed by atoms with E-state index >= 15 is 0 Å². The molecule has 1 aliphatic heterocycles. The molecule has 0 unspecified atom stereocenters. The number of carbonyl (C=O) groups is 1. The summed E-state index contributed by atoms with van der Waals surface area (Å²) in [5.41, 5.74) is 2.34. The molecule has 22 heavy (non-hydrogen) atoms. The average molecular weight is 332 g/mol. The number of halogens is 1. The summed E-state index contributed by atoms with van der Waals surface area (Å²) in [5.74, 6) is -0.0700. The zero-order valence-corrected chi connectivity index (χ0v) is 13.4. The summed E-state index contributed by atoms with van der Waals surface area (Å²) in [7, 11) is 0. The standard InChI is InChI=1S/C16H14ClN3OS/c17-14-7-13(2-1-11(14)8-18)19-16(21)10-20-5-3-15-12(9-20)4-6-22-15/h1-2,4,6-7H,3,5,9-10H2,(H,19,21). The van der Waals surface area contributed by atoms with Crippen molar-refractivity contribution in [2.75, 3.05) is 18.4 Å². The highest BCUT2D eigenvalue weighted by atomic mass is 35.5. The second-order valence-corrected chi connectivity index (χ2v) is 6.59. The Hall–Kier alpha value is -1.87. The molecule has 2 aromatic rings. The molecule has 0 fully saturated rings. The van der Waals surface area contributed by atoms with E-state index in [9.17, 15) is 4.79 Å². The van der Waals surface area contributed by atoms with Gasteiger partial charge in [-0.2, -0.15) is 5.26 Å². The lowest BCUT2D eigenvalue weighted by Crippen LogP contribution is -2.36. The van der Waals surface area contributed by atoms with Crippen molar-refractivity contribution in [3.05, 3.63) is 50.7 Å². The van der Waals surface area contributed by atoms with E-state index in [0.717, 1.165) is 19.5 Å². The first kappa shape index (κ1) is 15.0. The summed E-state index contributed by atoms with van der Waals surface area (Å²) in [6, 6.07) is 9.03. The molecular formula is C16H14ClN3OS. The van der Waals surface area contributed by atoms with Crippen molar-refractivity contribution in [1.82, 2.24) is 4.90 Å². The van der Waals surface area contributed by atoms with Crippen molar-refractivity contribution in [3.8, 4) is 6.07 Å². The van der Waals surface area contributed by atoms with Gasteiger partial charge in [0.1, 0.15) is 6.07 Å². The topological polar surface area (TPSA) is 56.1 Å². The number of nitriles is 1. The fraction of sp³-hybridized carbons (Fsp3) is 0.250. The maximum Gasteiger partial charge on any atom is 0.238 e. The number of hydrogen-bond acceptors (Lipinski definition) is 4. The van der Waals surface area contributed by atoms with Crippen LogP contribution in [-0.2, 0) is 17.8 Å². The van der Waals surface area contributed by atoms with E-state index in [1.165, 1.54) is 10.4 Å². The van der Waals surface area contributed by atoms with Crippen molar-refractivity contribution < 1.29 is 4.79 Å². The number of thiophene rings is 1. The molecule has 0 radical (unpaired) electrons. The zero-order chi connectivity index (χ0) is 15.5. The Balaban J connectivity index is 1.59. The largest absolute Gasteiger partial charge is 0.325 e. The van der Waals surface area contributed by atoms with Gasteiger partial charge in [0.25, 0.3) is 0 Å². The van der Waals surface area contributed by atoms with Gasteiger partial charge in [0.15, 0.2) is 0 Å². The van der Waals surface area contributed by atoms with Gasteiger partial charge in [0.2, 0.25) is 5.91 Å². The van der Waals surface area contributed by atoms with Gasteiger partial charge in [-0.3, -0.25) is 9.69 Å². The first-order chi connectivity index (χ1) is 10.7. The van der Waals surface area contributed by atoms with Crippen LogP contribution in [0.3, 0.4) is 0 Å². The first-order valence-corrected chi connectivity index (χ1v) is 8.18. The van der Waals surface area contributed by atoms with Crippen LogP contribution >= 0.6 is 22.9 Å². The third-order valence-electron chi connectivity index (χ3n) is 3.63. The van der Waals surface area contributed by atoms with Crippen LogP contribution < -0.4 is 5.32 Å². The number of anilines is 1. The highest BCUT2D eigenvalue weighted by molar-refractivity contribution is 7.10. The fourth-order valence-electron chi connectivity index (χ4n) is 2.53. The summed E-state index contributed by atoms with van der Waals surface area (Å²) in [5, 5.41) is 14.1. The zero-order valence-electron chi connectivity index (χ0n) is 11.8. The lowest BCUT2D eigenvalue weighted by Gasteiger charge is -2.26. The van der Waals surface area contributed by atoms with Crippen molar-refractivity contribution in [3.63, 3.8) is 0 Å². The monoisotopic (exact) mass is 331 g/mol. The second-order valence-electron chi connectivity index (χ2n) is 5.18. The highest BCUT2D eigenvalue weighted by Crippen LogP contribution is 2.24. The van der Waals surface area contributed by atoms with Gasteiger partial charge in [-0.05, 0) is 41.6 Å². The number of fused-ring (bicyclic) bond motifs is 1. The van der Waals surface area contributed by atoms with Crippen molar-refractivity contribution in [2.45, 2.75) is 13.0 Å². The van der Waals surface area contributed by atoms with E-state index in [2.05, 4.69) is 21.7 Å². The molecule has 0 aliphatic carbocycles. The van der Waals surface area contributed by atoms with Crippen LogP contribution in [0.1, 0.15) is 16.0 Å². The minimum Gasteiger partial charge on any atom is -0.325 e. The number of nitrogens with zero attached hydrogens (tertiary/aromatic N) is 2. The molecule has 1 N–H and O–H groups in total. The number of rotatable bonds is 3. The van der Waals surface area contributed by atoms with Crippen LogP contribution in [0.4, 0.5) is 5.69 Å². The Kier molecular flexibility index (Phi) is 4.44. The molecule has 2 heterocycles. The highest BCUT2D eigenvalue weighted by Gasteiger charge is 2.19. The minimum atomic E-state index is -0.0700. The Morgan fingerprint density at radius 1 is 1.45 bits per heavy atom. The quantitative estimate of drug-likeness (QED) is 0.939. The first-order valence-electron chi connectivity index (χ1n) is 6.93. The summed E-state index contributed by atoms with van der Waals surface area (Å²) in [6.45, 7) is 2.07. The van der Waals surface area contributed by atoms with E-state index in [0.29, 0.717) is 22.8 Å². The third-order valence-corrected chi connectivity index (χ3v) is 4.96. The molecule has 1 aliphatic rings. The van der Waals surface area contributed by atoms with E-state index in [-0.39, 0.29) is 5.91 Å². The summed E-state index contributed by atoms with van der Waals surface area (Å²) < 4.78 is 0. The van der Waals surface area contributed by atoms with E-state index in [4.69, 9.17) is 16.9 Å². The molecular weight excluding hydrogens is 318 g/mol. The molecule has 0 spiro atoms. The molecule has 0 saturated heterocycles. The lowest BCUT2D eigenvalue weighted by molar-refractivity contribution is -0.117. The van der Waals surface area contributed by atoms with E-state index in [1.54, 1.807) is 29.5 Å². The van der Waals surface area contributed by atoms with Gasteiger partial charge >= 0.3 is 0 Å².